The van der Waals surface area contributed by atoms with Crippen molar-refractivity contribution in [2.75, 3.05) is 0 Å². The number of pyridine rings is 1. The highest BCUT2D eigenvalue weighted by Crippen LogP contribution is 2.37. The Morgan fingerprint density at radius 1 is 0.970 bits per heavy atom. The topological polar surface area (TPSA) is 42.0 Å². The van der Waals surface area contributed by atoms with Crippen LogP contribution in [0, 0.1) is 6.92 Å². The number of aryl methyl sites for hydroxylation is 1. The molecule has 0 bridgehead atoms. The van der Waals surface area contributed by atoms with Crippen LogP contribution >= 0.6 is 27.7 Å². The summed E-state index contributed by atoms with van der Waals surface area (Å²) in [7, 11) is 0. The van der Waals surface area contributed by atoms with Crippen LogP contribution in [0.2, 0.25) is 0 Å². The molecule has 3 aromatic carbocycles. The van der Waals surface area contributed by atoms with E-state index in [0.29, 0.717) is 12.1 Å². The molecule has 0 spiro atoms. The van der Waals surface area contributed by atoms with Crippen LogP contribution in [-0.4, -0.2) is 10.9 Å². The molecule has 0 unspecified atom stereocenters. The molecular weight excluding hydrogens is 492 g/mol. The number of rotatable bonds is 7. The monoisotopic (exact) mass is 514 g/mol. The van der Waals surface area contributed by atoms with Gasteiger partial charge in [-0.3, -0.25) is 9.78 Å². The molecular formula is C28H23BrN2OS. The summed E-state index contributed by atoms with van der Waals surface area (Å²) in [5, 5.41) is 2.96. The van der Waals surface area contributed by atoms with E-state index in [4.69, 9.17) is 0 Å². The van der Waals surface area contributed by atoms with Gasteiger partial charge in [0.2, 0.25) is 0 Å². The zero-order chi connectivity index (χ0) is 23.2. The Morgan fingerprint density at radius 3 is 2.45 bits per heavy atom. The van der Waals surface area contributed by atoms with Crippen molar-refractivity contribution in [3.63, 3.8) is 0 Å². The van der Waals surface area contributed by atoms with Crippen molar-refractivity contribution in [2.24, 2.45) is 0 Å². The van der Waals surface area contributed by atoms with Crippen LogP contribution in [0.4, 0.5) is 0 Å². The van der Waals surface area contributed by atoms with Gasteiger partial charge in [0.25, 0.3) is 5.91 Å². The Labute approximate surface area is 207 Å². The second kappa shape index (κ2) is 10.6. The summed E-state index contributed by atoms with van der Waals surface area (Å²) in [4.78, 5) is 18.9. The van der Waals surface area contributed by atoms with Gasteiger partial charge in [0.05, 0.1) is 0 Å². The van der Waals surface area contributed by atoms with E-state index >= 15 is 0 Å². The maximum Gasteiger partial charge on any atom is 0.251 e. The number of benzene rings is 3. The molecule has 1 aromatic heterocycles. The Hall–Kier alpha value is -3.15. The molecule has 4 aromatic rings. The molecule has 5 heteroatoms. The van der Waals surface area contributed by atoms with E-state index in [-0.39, 0.29) is 5.91 Å². The van der Waals surface area contributed by atoms with E-state index in [9.17, 15) is 4.79 Å². The summed E-state index contributed by atoms with van der Waals surface area (Å²) in [5.74, 6) is -0.0949. The van der Waals surface area contributed by atoms with E-state index in [1.54, 1.807) is 24.2 Å². The molecule has 0 atom stereocenters. The van der Waals surface area contributed by atoms with Crippen molar-refractivity contribution < 1.29 is 4.79 Å². The lowest BCUT2D eigenvalue weighted by Crippen LogP contribution is -2.22. The number of amides is 1. The highest BCUT2D eigenvalue weighted by atomic mass is 79.9. The average molecular weight is 515 g/mol. The maximum atomic E-state index is 12.6. The summed E-state index contributed by atoms with van der Waals surface area (Å²) in [6, 6.07) is 26.1. The zero-order valence-corrected chi connectivity index (χ0v) is 20.6. The molecule has 1 amide bonds. The summed E-state index contributed by atoms with van der Waals surface area (Å²) in [6.07, 6.45) is 3.47. The molecule has 0 radical (unpaired) electrons. The van der Waals surface area contributed by atoms with Crippen LogP contribution in [0.3, 0.4) is 0 Å². The Balaban J connectivity index is 1.50. The lowest BCUT2D eigenvalue weighted by atomic mass is 10.00. The fraction of sp³-hybridized carbons (Fsp3) is 0.0714. The molecule has 0 aliphatic rings. The lowest BCUT2D eigenvalue weighted by molar-refractivity contribution is 0.0950. The van der Waals surface area contributed by atoms with Crippen LogP contribution in [-0.2, 0) is 6.54 Å². The fourth-order valence-corrected chi connectivity index (χ4v) is 4.73. The van der Waals surface area contributed by atoms with Crippen molar-refractivity contribution in [2.45, 2.75) is 23.3 Å². The van der Waals surface area contributed by atoms with Crippen LogP contribution in [0.5, 0.6) is 0 Å². The van der Waals surface area contributed by atoms with Gasteiger partial charge in [0, 0.05) is 38.8 Å². The van der Waals surface area contributed by atoms with Gasteiger partial charge in [0.15, 0.2) is 0 Å². The van der Waals surface area contributed by atoms with Gasteiger partial charge >= 0.3 is 0 Å². The molecule has 164 valence electrons. The first-order valence-electron chi connectivity index (χ1n) is 10.5. The summed E-state index contributed by atoms with van der Waals surface area (Å²) in [5.41, 5.74) is 5.84. The number of hydrogen-bond acceptors (Lipinski definition) is 3. The highest BCUT2D eigenvalue weighted by Gasteiger charge is 2.12. The number of carbonyl (C=O) groups is 1. The molecule has 0 saturated heterocycles. The first-order chi connectivity index (χ1) is 16.0. The van der Waals surface area contributed by atoms with E-state index in [1.807, 2.05) is 61.5 Å². The van der Waals surface area contributed by atoms with Crippen molar-refractivity contribution >= 4 is 39.2 Å². The third-order valence-electron chi connectivity index (χ3n) is 5.24. The average Bonchev–Trinajstić information content (AvgIpc) is 2.85. The fourth-order valence-electron chi connectivity index (χ4n) is 3.42. The first-order valence-corrected chi connectivity index (χ1v) is 12.1. The molecule has 1 N–H and O–H groups in total. The summed E-state index contributed by atoms with van der Waals surface area (Å²) in [6.45, 7) is 6.83. The van der Waals surface area contributed by atoms with Crippen LogP contribution in [0.15, 0.2) is 112 Å². The van der Waals surface area contributed by atoms with Gasteiger partial charge in [-0.15, -0.1) is 0 Å². The third kappa shape index (κ3) is 5.81. The second-order valence-corrected chi connectivity index (χ2v) is 9.61. The SMILES string of the molecule is C=C(c1ccc(Br)cc1)c1ccccc1Sc1ccc(C(=O)NCc2cccnc2)cc1C. The van der Waals surface area contributed by atoms with Crippen LogP contribution in [0.1, 0.15) is 32.6 Å². The zero-order valence-electron chi connectivity index (χ0n) is 18.2. The Kier molecular flexibility index (Phi) is 7.43. The smallest absolute Gasteiger partial charge is 0.251 e. The second-order valence-electron chi connectivity index (χ2n) is 7.61. The molecule has 1 heterocycles. The summed E-state index contributed by atoms with van der Waals surface area (Å²) >= 11 is 5.18. The van der Waals surface area contributed by atoms with Gasteiger partial charge < -0.3 is 5.32 Å². The lowest BCUT2D eigenvalue weighted by Gasteiger charge is -2.14. The molecule has 3 nitrogen and oxygen atoms in total. The largest absolute Gasteiger partial charge is 0.348 e. The minimum atomic E-state index is -0.0949. The van der Waals surface area contributed by atoms with Gasteiger partial charge in [-0.05, 0) is 77.2 Å². The number of nitrogens with zero attached hydrogens (tertiary/aromatic N) is 1. The van der Waals surface area contributed by atoms with Gasteiger partial charge in [-0.2, -0.15) is 0 Å². The quantitative estimate of drug-likeness (QED) is 0.281. The Bertz CT molecular complexity index is 1290. The molecule has 33 heavy (non-hydrogen) atoms. The van der Waals surface area contributed by atoms with Crippen molar-refractivity contribution in [3.8, 4) is 0 Å². The molecule has 0 aliphatic carbocycles. The van der Waals surface area contributed by atoms with Gasteiger partial charge in [-0.1, -0.05) is 70.7 Å². The van der Waals surface area contributed by atoms with Crippen molar-refractivity contribution in [1.82, 2.24) is 10.3 Å². The predicted molar refractivity (Wildman–Crippen MR) is 139 cm³/mol. The summed E-state index contributed by atoms with van der Waals surface area (Å²) < 4.78 is 1.04. The number of halogens is 1. The van der Waals surface area contributed by atoms with Crippen LogP contribution < -0.4 is 5.32 Å². The molecule has 0 fully saturated rings. The van der Waals surface area contributed by atoms with E-state index in [2.05, 4.69) is 57.1 Å². The van der Waals surface area contributed by atoms with Crippen molar-refractivity contribution in [3.05, 3.63) is 130 Å². The number of hydrogen-bond donors (Lipinski definition) is 1. The number of carbonyl (C=O) groups excluding carboxylic acids is 1. The normalized spacial score (nSPS) is 10.6. The minimum Gasteiger partial charge on any atom is -0.348 e. The third-order valence-corrected chi connectivity index (χ3v) is 7.02. The highest BCUT2D eigenvalue weighted by molar-refractivity contribution is 9.10. The molecule has 0 aliphatic heterocycles. The standard InChI is InChI=1S/C28H23BrN2OS/c1-19-16-23(28(32)31-18-21-6-5-15-30-17-21)11-14-26(19)33-27-8-4-3-7-25(27)20(2)22-9-12-24(29)13-10-22/h3-17H,2,18H2,1H3,(H,31,32). The van der Waals surface area contributed by atoms with E-state index in [0.717, 1.165) is 42.1 Å². The minimum absolute atomic E-state index is 0.0949. The molecule has 4 rings (SSSR count). The number of aromatic nitrogens is 1. The maximum absolute atomic E-state index is 12.6. The van der Waals surface area contributed by atoms with E-state index in [1.165, 1.54) is 0 Å². The van der Waals surface area contributed by atoms with Crippen LogP contribution in [0.25, 0.3) is 5.57 Å². The van der Waals surface area contributed by atoms with Gasteiger partial charge in [0.1, 0.15) is 0 Å². The van der Waals surface area contributed by atoms with Gasteiger partial charge in [-0.25, -0.2) is 0 Å². The number of nitrogens with one attached hydrogen (secondary N) is 1. The molecule has 0 saturated carbocycles. The predicted octanol–water partition coefficient (Wildman–Crippen LogP) is 7.30. The van der Waals surface area contributed by atoms with E-state index < -0.39 is 0 Å². The Morgan fingerprint density at radius 2 is 1.73 bits per heavy atom. The first kappa shape index (κ1) is 23.0. The van der Waals surface area contributed by atoms with Crippen molar-refractivity contribution in [1.29, 1.82) is 0 Å².